The third-order valence-corrected chi connectivity index (χ3v) is 7.97. The van der Waals surface area contributed by atoms with Crippen molar-refractivity contribution in [3.63, 3.8) is 0 Å². The van der Waals surface area contributed by atoms with Crippen molar-refractivity contribution in [1.82, 2.24) is 0 Å². The summed E-state index contributed by atoms with van der Waals surface area (Å²) in [5.41, 5.74) is 8.98. The average Bonchev–Trinajstić information content (AvgIpc) is 3.10. The molecule has 2 aromatic carbocycles. The minimum absolute atomic E-state index is 0. The number of halogens is 2. The van der Waals surface area contributed by atoms with E-state index in [1.54, 1.807) is 14.4 Å². The third kappa shape index (κ3) is 3.50. The van der Waals surface area contributed by atoms with Crippen LogP contribution in [0.25, 0.3) is 16.7 Å². The Bertz CT molecular complexity index is 803. The zero-order valence-electron chi connectivity index (χ0n) is 13.9. The van der Waals surface area contributed by atoms with Gasteiger partial charge in [0.15, 0.2) is 0 Å². The van der Waals surface area contributed by atoms with Gasteiger partial charge in [-0.05, 0) is 0 Å². The van der Waals surface area contributed by atoms with Gasteiger partial charge >= 0.3 is 145 Å². The summed E-state index contributed by atoms with van der Waals surface area (Å²) in [4.78, 5) is 0. The van der Waals surface area contributed by atoms with Crippen LogP contribution in [0, 0.1) is 0 Å². The predicted molar refractivity (Wildman–Crippen MR) is 90.5 cm³/mol. The van der Waals surface area contributed by atoms with Crippen LogP contribution in [0.5, 0.6) is 0 Å². The molecular formula is C21H20Cl2Zr. The molecule has 4 rings (SSSR count). The molecule has 0 nitrogen and oxygen atoms in total. The molecule has 0 bridgehead atoms. The van der Waals surface area contributed by atoms with E-state index in [4.69, 9.17) is 0 Å². The molecule has 0 saturated heterocycles. The molecule has 0 heterocycles. The molecule has 0 amide bonds. The van der Waals surface area contributed by atoms with Crippen molar-refractivity contribution in [2.24, 2.45) is 0 Å². The van der Waals surface area contributed by atoms with Crippen molar-refractivity contribution >= 4 is 5.57 Å². The standard InChI is InChI=1S/C18H13.C3H7.2ClH.Zr/c1-2-7-13(6-1)15-10-5-11-17-16-9-4-3-8-14(16)12-18(15)17;1-3-2;;;/h1,3-6,8-11H,2,12H2;3H,1-2H3;2*1H;/q;;;;+2/p-2. The monoisotopic (exact) mass is 432 g/mol. The topological polar surface area (TPSA) is 0 Å². The normalized spacial score (nSPS) is 14.0. The Hall–Kier alpha value is -0.617. The largest absolute Gasteiger partial charge is 1.00 e. The van der Waals surface area contributed by atoms with Crippen molar-refractivity contribution in [3.05, 3.63) is 74.6 Å². The summed E-state index contributed by atoms with van der Waals surface area (Å²) in [5, 5.41) is 0. The quantitative estimate of drug-likeness (QED) is 0.538. The number of fused-ring (bicyclic) bond motifs is 3. The summed E-state index contributed by atoms with van der Waals surface area (Å²) in [5.74, 6) is 0. The van der Waals surface area contributed by atoms with Gasteiger partial charge in [0.2, 0.25) is 0 Å². The van der Waals surface area contributed by atoms with Crippen molar-refractivity contribution in [2.45, 2.75) is 30.3 Å². The molecule has 0 spiro atoms. The van der Waals surface area contributed by atoms with Gasteiger partial charge in [0.1, 0.15) is 0 Å². The fourth-order valence-electron chi connectivity index (χ4n) is 3.65. The van der Waals surface area contributed by atoms with Crippen LogP contribution in [-0.4, -0.2) is 0 Å². The maximum absolute atomic E-state index is 2.39. The van der Waals surface area contributed by atoms with Crippen LogP contribution < -0.4 is 24.8 Å². The first-order valence-corrected chi connectivity index (χ1v) is 10.8. The number of rotatable bonds is 3. The van der Waals surface area contributed by atoms with E-state index >= 15 is 0 Å². The molecule has 0 unspecified atom stereocenters. The molecule has 0 aliphatic heterocycles. The van der Waals surface area contributed by atoms with Crippen LogP contribution in [0.2, 0.25) is 3.63 Å². The van der Waals surface area contributed by atoms with E-state index in [-0.39, 0.29) is 24.8 Å². The Morgan fingerprint density at radius 3 is 2.38 bits per heavy atom. The molecule has 3 heteroatoms. The summed E-state index contributed by atoms with van der Waals surface area (Å²) in [6, 6.07) is 15.8. The Morgan fingerprint density at radius 1 is 0.875 bits per heavy atom. The van der Waals surface area contributed by atoms with Gasteiger partial charge in [-0.1, -0.05) is 0 Å². The maximum atomic E-state index is 2.39. The molecule has 2 aromatic rings. The fraction of sp³-hybridized carbons (Fsp3) is 0.238. The molecule has 0 N–H and O–H groups in total. The second-order valence-corrected chi connectivity index (χ2v) is 11.5. The van der Waals surface area contributed by atoms with Crippen molar-refractivity contribution in [2.75, 3.05) is 0 Å². The first-order chi connectivity index (χ1) is 10.7. The van der Waals surface area contributed by atoms with E-state index in [0.29, 0.717) is 0 Å². The minimum atomic E-state index is -0.433. The molecule has 0 saturated carbocycles. The summed E-state index contributed by atoms with van der Waals surface area (Å²) < 4.78 is 2.67. The van der Waals surface area contributed by atoms with Crippen molar-refractivity contribution in [3.8, 4) is 11.1 Å². The number of hydrogen-bond donors (Lipinski definition) is 0. The first kappa shape index (κ1) is 19.7. The van der Waals surface area contributed by atoms with E-state index in [1.165, 1.54) is 28.7 Å². The Labute approximate surface area is 168 Å². The molecule has 2 aliphatic carbocycles. The number of hydrogen-bond acceptors (Lipinski definition) is 0. The van der Waals surface area contributed by atoms with Gasteiger partial charge in [-0.25, -0.2) is 0 Å². The second-order valence-electron chi connectivity index (χ2n) is 6.46. The number of allylic oxidation sites excluding steroid dienone is 4. The van der Waals surface area contributed by atoms with Gasteiger partial charge in [-0.2, -0.15) is 0 Å². The minimum Gasteiger partial charge on any atom is -1.00 e. The first-order valence-electron chi connectivity index (χ1n) is 8.11. The van der Waals surface area contributed by atoms with E-state index in [1.807, 2.05) is 0 Å². The van der Waals surface area contributed by atoms with Crippen LogP contribution in [0.4, 0.5) is 0 Å². The SMILES string of the molecule is C[CH](C)[Zr+2][C]1=C(c2cccc3c2Cc2ccccc2-3)C=CC1.[Cl-].[Cl-]. The van der Waals surface area contributed by atoms with Gasteiger partial charge in [-0.15, -0.1) is 0 Å². The van der Waals surface area contributed by atoms with Gasteiger partial charge < -0.3 is 24.8 Å². The average molecular weight is 435 g/mol. The Balaban J connectivity index is 0.00000104. The Kier molecular flexibility index (Phi) is 6.71. The van der Waals surface area contributed by atoms with Crippen LogP contribution in [0.1, 0.15) is 37.0 Å². The van der Waals surface area contributed by atoms with Gasteiger partial charge in [-0.3, -0.25) is 0 Å². The predicted octanol–water partition coefficient (Wildman–Crippen LogP) is -0.152. The van der Waals surface area contributed by atoms with Crippen LogP contribution in [0.15, 0.2) is 57.9 Å². The molecule has 0 aromatic heterocycles. The van der Waals surface area contributed by atoms with E-state index in [0.717, 1.165) is 10.0 Å². The van der Waals surface area contributed by atoms with Crippen molar-refractivity contribution < 1.29 is 48.0 Å². The summed E-state index contributed by atoms with van der Waals surface area (Å²) in [7, 11) is 0. The molecular weight excluding hydrogens is 414 g/mol. The summed E-state index contributed by atoms with van der Waals surface area (Å²) in [6.45, 7) is 4.78. The molecule has 0 radical (unpaired) electrons. The zero-order valence-corrected chi connectivity index (χ0v) is 17.9. The van der Waals surface area contributed by atoms with Crippen LogP contribution in [0.3, 0.4) is 0 Å². The van der Waals surface area contributed by atoms with E-state index in [2.05, 4.69) is 68.5 Å². The fourth-order valence-corrected chi connectivity index (χ4v) is 6.86. The smallest absolute Gasteiger partial charge is 1.00 e. The van der Waals surface area contributed by atoms with Crippen LogP contribution in [-0.2, 0) is 29.7 Å². The Morgan fingerprint density at radius 2 is 1.58 bits per heavy atom. The van der Waals surface area contributed by atoms with Crippen LogP contribution >= 0.6 is 0 Å². The van der Waals surface area contributed by atoms with E-state index in [9.17, 15) is 0 Å². The molecule has 2 aliphatic rings. The molecule has 24 heavy (non-hydrogen) atoms. The third-order valence-electron chi connectivity index (χ3n) is 4.54. The maximum Gasteiger partial charge on any atom is -1.00 e. The van der Waals surface area contributed by atoms with Crippen molar-refractivity contribution in [1.29, 1.82) is 0 Å². The second kappa shape index (κ2) is 8.17. The van der Waals surface area contributed by atoms with Gasteiger partial charge in [0.05, 0.1) is 0 Å². The zero-order chi connectivity index (χ0) is 15.1. The molecule has 0 fully saturated rings. The van der Waals surface area contributed by atoms with Gasteiger partial charge in [0, 0.05) is 0 Å². The van der Waals surface area contributed by atoms with Gasteiger partial charge in [0.25, 0.3) is 0 Å². The summed E-state index contributed by atoms with van der Waals surface area (Å²) in [6.07, 6.45) is 7.06. The molecule has 122 valence electrons. The molecule has 0 atom stereocenters. The van der Waals surface area contributed by atoms with E-state index < -0.39 is 23.2 Å². The summed E-state index contributed by atoms with van der Waals surface area (Å²) >= 11 is -0.433. The number of benzene rings is 2.